The summed E-state index contributed by atoms with van der Waals surface area (Å²) < 4.78 is 7.77. The van der Waals surface area contributed by atoms with Crippen LogP contribution in [0.2, 0.25) is 0 Å². The zero-order valence-corrected chi connectivity index (χ0v) is 19.1. The Morgan fingerprint density at radius 2 is 1.73 bits per heavy atom. The van der Waals surface area contributed by atoms with Gasteiger partial charge in [-0.2, -0.15) is 5.10 Å². The highest BCUT2D eigenvalue weighted by Gasteiger charge is 2.47. The SMILES string of the molecule is CC(C)(O)Cn1cc(-c2coc([C@](C)(c3ccc(-c4cnc(N)nc4)cc3)C3CC3)n2)cn1. The quantitative estimate of drug-likeness (QED) is 0.441. The first kappa shape index (κ1) is 21.3. The fourth-order valence-corrected chi connectivity index (χ4v) is 4.31. The van der Waals surface area contributed by atoms with Gasteiger partial charge < -0.3 is 15.3 Å². The molecule has 0 aliphatic heterocycles. The van der Waals surface area contributed by atoms with Crippen LogP contribution in [0.15, 0.2) is 59.7 Å². The molecule has 33 heavy (non-hydrogen) atoms. The molecule has 0 bridgehead atoms. The Morgan fingerprint density at radius 3 is 2.36 bits per heavy atom. The third-order valence-corrected chi connectivity index (χ3v) is 6.31. The summed E-state index contributed by atoms with van der Waals surface area (Å²) in [4.78, 5) is 13.0. The third kappa shape index (κ3) is 4.26. The van der Waals surface area contributed by atoms with Crippen molar-refractivity contribution in [1.29, 1.82) is 0 Å². The Labute approximate surface area is 192 Å². The smallest absolute Gasteiger partial charge is 0.219 e. The zero-order chi connectivity index (χ0) is 23.2. The second kappa shape index (κ2) is 7.81. The number of nitrogen functional groups attached to an aromatic ring is 1. The summed E-state index contributed by atoms with van der Waals surface area (Å²) in [5, 5.41) is 14.4. The number of aromatic nitrogens is 5. The van der Waals surface area contributed by atoms with E-state index in [-0.39, 0.29) is 11.4 Å². The second-order valence-corrected chi connectivity index (χ2v) is 9.66. The predicted octanol–water partition coefficient (Wildman–Crippen LogP) is 4.06. The van der Waals surface area contributed by atoms with E-state index in [2.05, 4.69) is 46.3 Å². The monoisotopic (exact) mass is 444 g/mol. The summed E-state index contributed by atoms with van der Waals surface area (Å²) in [6.45, 7) is 6.13. The maximum atomic E-state index is 10.1. The molecule has 0 unspecified atom stereocenters. The zero-order valence-electron chi connectivity index (χ0n) is 19.1. The van der Waals surface area contributed by atoms with Gasteiger partial charge in [0.2, 0.25) is 11.8 Å². The molecule has 1 saturated carbocycles. The number of benzene rings is 1. The van der Waals surface area contributed by atoms with Crippen molar-refractivity contribution in [1.82, 2.24) is 24.7 Å². The first-order valence-electron chi connectivity index (χ1n) is 11.1. The van der Waals surface area contributed by atoms with Gasteiger partial charge in [-0.15, -0.1) is 0 Å². The lowest BCUT2D eigenvalue weighted by molar-refractivity contribution is 0.0577. The summed E-state index contributed by atoms with van der Waals surface area (Å²) in [7, 11) is 0. The van der Waals surface area contributed by atoms with E-state index in [0.29, 0.717) is 18.4 Å². The van der Waals surface area contributed by atoms with E-state index >= 15 is 0 Å². The lowest BCUT2D eigenvalue weighted by atomic mass is 9.77. The molecule has 1 aliphatic rings. The molecule has 8 nitrogen and oxygen atoms in total. The van der Waals surface area contributed by atoms with Gasteiger partial charge in [-0.25, -0.2) is 15.0 Å². The van der Waals surface area contributed by atoms with Crippen LogP contribution in [0.25, 0.3) is 22.4 Å². The van der Waals surface area contributed by atoms with Crippen molar-refractivity contribution in [2.45, 2.75) is 51.2 Å². The summed E-state index contributed by atoms with van der Waals surface area (Å²) in [5.41, 5.74) is 9.17. The molecule has 0 radical (unpaired) electrons. The van der Waals surface area contributed by atoms with Crippen LogP contribution in [0.4, 0.5) is 5.95 Å². The number of hydrogen-bond acceptors (Lipinski definition) is 7. The van der Waals surface area contributed by atoms with Crippen molar-refractivity contribution >= 4 is 5.95 Å². The Kier molecular flexibility index (Phi) is 5.05. The van der Waals surface area contributed by atoms with Gasteiger partial charge in [0.1, 0.15) is 12.0 Å². The topological polar surface area (TPSA) is 116 Å². The van der Waals surface area contributed by atoms with E-state index < -0.39 is 5.60 Å². The number of oxazole rings is 1. The fraction of sp³-hybridized carbons (Fsp3) is 0.360. The van der Waals surface area contributed by atoms with Gasteiger partial charge >= 0.3 is 0 Å². The molecule has 5 rings (SSSR count). The Bertz CT molecular complexity index is 1250. The van der Waals surface area contributed by atoms with Gasteiger partial charge in [0.15, 0.2) is 0 Å². The van der Waals surface area contributed by atoms with Crippen LogP contribution in [-0.2, 0) is 12.0 Å². The first-order valence-corrected chi connectivity index (χ1v) is 11.1. The van der Waals surface area contributed by atoms with Gasteiger partial charge in [0.05, 0.1) is 23.8 Å². The molecule has 170 valence electrons. The van der Waals surface area contributed by atoms with Crippen molar-refractivity contribution < 1.29 is 9.52 Å². The van der Waals surface area contributed by atoms with Crippen molar-refractivity contribution in [2.24, 2.45) is 5.92 Å². The molecule has 0 spiro atoms. The molecule has 1 atom stereocenters. The molecule has 0 amide bonds. The first-order chi connectivity index (χ1) is 15.7. The van der Waals surface area contributed by atoms with Gasteiger partial charge in [0.25, 0.3) is 0 Å². The Hall–Kier alpha value is -3.52. The van der Waals surface area contributed by atoms with Crippen LogP contribution in [0.3, 0.4) is 0 Å². The molecule has 3 aromatic heterocycles. The summed E-state index contributed by atoms with van der Waals surface area (Å²) in [6.07, 6.45) is 11.1. The fourth-order valence-electron chi connectivity index (χ4n) is 4.31. The number of rotatable bonds is 7. The van der Waals surface area contributed by atoms with E-state index in [1.807, 2.05) is 6.20 Å². The summed E-state index contributed by atoms with van der Waals surface area (Å²) in [6, 6.07) is 8.43. The van der Waals surface area contributed by atoms with Crippen LogP contribution in [-0.4, -0.2) is 35.4 Å². The van der Waals surface area contributed by atoms with E-state index in [1.54, 1.807) is 43.4 Å². The van der Waals surface area contributed by atoms with Crippen LogP contribution < -0.4 is 5.73 Å². The molecule has 0 saturated heterocycles. The number of nitrogens with zero attached hydrogens (tertiary/aromatic N) is 5. The number of anilines is 1. The highest BCUT2D eigenvalue weighted by molar-refractivity contribution is 5.63. The minimum absolute atomic E-state index is 0.266. The average Bonchev–Trinajstić information content (AvgIpc) is 3.35. The van der Waals surface area contributed by atoms with Gasteiger partial charge in [-0.3, -0.25) is 4.68 Å². The lowest BCUT2D eigenvalue weighted by Crippen LogP contribution is -2.26. The molecule has 8 heteroatoms. The molecule has 3 heterocycles. The number of aliphatic hydroxyl groups is 1. The minimum Gasteiger partial charge on any atom is -0.447 e. The largest absolute Gasteiger partial charge is 0.447 e. The van der Waals surface area contributed by atoms with Gasteiger partial charge in [-0.1, -0.05) is 24.3 Å². The van der Waals surface area contributed by atoms with Crippen molar-refractivity contribution in [2.75, 3.05) is 5.73 Å². The maximum absolute atomic E-state index is 10.1. The summed E-state index contributed by atoms with van der Waals surface area (Å²) >= 11 is 0. The van der Waals surface area contributed by atoms with Crippen molar-refractivity contribution in [3.05, 3.63) is 66.8 Å². The normalized spacial score (nSPS) is 16.0. The Balaban J connectivity index is 1.43. The summed E-state index contributed by atoms with van der Waals surface area (Å²) in [5.74, 6) is 1.45. The molecular weight excluding hydrogens is 416 g/mol. The lowest BCUT2D eigenvalue weighted by Gasteiger charge is -2.27. The molecule has 4 aromatic rings. The van der Waals surface area contributed by atoms with Crippen molar-refractivity contribution in [3.63, 3.8) is 0 Å². The third-order valence-electron chi connectivity index (χ3n) is 6.31. The van der Waals surface area contributed by atoms with Crippen LogP contribution in [0.5, 0.6) is 0 Å². The second-order valence-electron chi connectivity index (χ2n) is 9.66. The van der Waals surface area contributed by atoms with Crippen LogP contribution >= 0.6 is 0 Å². The van der Waals surface area contributed by atoms with Crippen LogP contribution in [0, 0.1) is 5.92 Å². The standard InChI is InChI=1S/C25H28N6O2/c1-24(2,32)15-31-13-18(12-29-31)21-14-33-22(30-21)25(3,20-8-9-20)19-6-4-16(5-7-19)17-10-27-23(26)28-11-17/h4-7,10-14,20,32H,8-9,15H2,1-3H3,(H2,26,27,28)/t25-/m1/s1. The highest BCUT2D eigenvalue weighted by Crippen LogP contribution is 2.51. The van der Waals surface area contributed by atoms with E-state index in [4.69, 9.17) is 15.1 Å². The molecule has 3 N–H and O–H groups in total. The number of nitrogens with two attached hydrogens (primary N) is 1. The van der Waals surface area contributed by atoms with Crippen LogP contribution in [0.1, 0.15) is 45.1 Å². The van der Waals surface area contributed by atoms with E-state index in [1.165, 1.54) is 0 Å². The minimum atomic E-state index is -0.840. The highest BCUT2D eigenvalue weighted by atomic mass is 16.3. The van der Waals surface area contributed by atoms with E-state index in [0.717, 1.165) is 40.8 Å². The molecule has 1 aromatic carbocycles. The molecular formula is C25H28N6O2. The van der Waals surface area contributed by atoms with Gasteiger partial charge in [0, 0.05) is 29.7 Å². The van der Waals surface area contributed by atoms with Gasteiger partial charge in [-0.05, 0) is 50.7 Å². The maximum Gasteiger partial charge on any atom is 0.219 e. The number of hydrogen-bond donors (Lipinski definition) is 2. The predicted molar refractivity (Wildman–Crippen MR) is 125 cm³/mol. The van der Waals surface area contributed by atoms with Crippen molar-refractivity contribution in [3.8, 4) is 22.4 Å². The molecule has 1 fully saturated rings. The Morgan fingerprint density at radius 1 is 1.03 bits per heavy atom. The average molecular weight is 445 g/mol. The van der Waals surface area contributed by atoms with E-state index in [9.17, 15) is 5.11 Å². The molecule has 1 aliphatic carbocycles.